The van der Waals surface area contributed by atoms with Crippen LogP contribution in [0.25, 0.3) is 16.8 Å². The van der Waals surface area contributed by atoms with E-state index in [0.29, 0.717) is 41.3 Å². The van der Waals surface area contributed by atoms with Crippen LogP contribution in [-0.2, 0) is 24.5 Å². The maximum Gasteiger partial charge on any atom is 0.267 e. The van der Waals surface area contributed by atoms with Crippen LogP contribution in [0.4, 0.5) is 0 Å². The Bertz CT molecular complexity index is 1760. The zero-order valence-electron chi connectivity index (χ0n) is 23.3. The molecule has 0 aromatic heterocycles. The highest BCUT2D eigenvalue weighted by molar-refractivity contribution is 8.18. The first-order chi connectivity index (χ1) is 20.7. The van der Waals surface area contributed by atoms with Crippen molar-refractivity contribution in [3.05, 3.63) is 148 Å². The Kier molecular flexibility index (Phi) is 8.33. The van der Waals surface area contributed by atoms with Gasteiger partial charge in [-0.2, -0.15) is 0 Å². The number of rotatable bonds is 9. The first kappa shape index (κ1) is 27.4. The van der Waals surface area contributed by atoms with Crippen molar-refractivity contribution >= 4 is 39.7 Å². The summed E-state index contributed by atoms with van der Waals surface area (Å²) in [5.41, 5.74) is 4.10. The molecule has 5 nitrogen and oxygen atoms in total. The van der Waals surface area contributed by atoms with Crippen LogP contribution in [0.5, 0.6) is 11.5 Å². The highest BCUT2D eigenvalue weighted by Gasteiger charge is 2.33. The van der Waals surface area contributed by atoms with Crippen LogP contribution >= 0.6 is 11.8 Å². The first-order valence-electron chi connectivity index (χ1n) is 13.8. The van der Waals surface area contributed by atoms with Gasteiger partial charge < -0.3 is 9.47 Å². The van der Waals surface area contributed by atoms with E-state index in [1.54, 1.807) is 12.0 Å². The van der Waals surface area contributed by atoms with Gasteiger partial charge in [0.05, 0.1) is 25.1 Å². The number of methoxy groups -OCH3 is 1. The Balaban J connectivity index is 1.23. The van der Waals surface area contributed by atoms with Crippen LogP contribution in [0.15, 0.2) is 131 Å². The summed E-state index contributed by atoms with van der Waals surface area (Å²) in [5, 5.41) is 3.04. The second-order valence-electron chi connectivity index (χ2n) is 9.91. The zero-order chi connectivity index (χ0) is 28.7. The molecule has 1 saturated heterocycles. The van der Waals surface area contributed by atoms with Gasteiger partial charge in [0.15, 0.2) is 16.7 Å². The van der Waals surface area contributed by atoms with E-state index < -0.39 is 0 Å². The number of amidine groups is 1. The van der Waals surface area contributed by atoms with Crippen molar-refractivity contribution in [2.45, 2.75) is 19.7 Å². The van der Waals surface area contributed by atoms with E-state index in [2.05, 4.69) is 24.3 Å². The van der Waals surface area contributed by atoms with Crippen LogP contribution in [0.1, 0.15) is 22.3 Å². The van der Waals surface area contributed by atoms with Gasteiger partial charge >= 0.3 is 0 Å². The van der Waals surface area contributed by atoms with Crippen molar-refractivity contribution in [3.8, 4) is 11.5 Å². The molecule has 5 aromatic rings. The number of benzene rings is 5. The molecule has 1 heterocycles. The van der Waals surface area contributed by atoms with E-state index in [0.717, 1.165) is 22.3 Å². The highest BCUT2D eigenvalue weighted by atomic mass is 32.2. The number of aliphatic imine (C=N–C) groups is 1. The molecule has 0 spiro atoms. The average molecular weight is 571 g/mol. The average Bonchev–Trinajstić information content (AvgIpc) is 3.33. The molecule has 1 aliphatic heterocycles. The molecular weight excluding hydrogens is 540 g/mol. The molecule has 42 heavy (non-hydrogen) atoms. The molecule has 0 radical (unpaired) electrons. The Morgan fingerprint density at radius 3 is 2.29 bits per heavy atom. The van der Waals surface area contributed by atoms with Gasteiger partial charge in [-0.1, -0.05) is 109 Å². The minimum atomic E-state index is -0.0640. The lowest BCUT2D eigenvalue weighted by atomic mass is 10.1. The normalized spacial score (nSPS) is 15.1. The number of carbonyl (C=O) groups is 1. The van der Waals surface area contributed by atoms with Crippen LogP contribution in [0.3, 0.4) is 0 Å². The quantitative estimate of drug-likeness (QED) is 0.168. The summed E-state index contributed by atoms with van der Waals surface area (Å²) in [5.74, 6) is 1.19. The Hall–Kier alpha value is -4.81. The molecule has 0 atom stereocenters. The van der Waals surface area contributed by atoms with E-state index in [1.165, 1.54) is 22.5 Å². The summed E-state index contributed by atoms with van der Waals surface area (Å²) in [6.45, 7) is 1.38. The molecule has 1 fully saturated rings. The molecule has 5 aromatic carbocycles. The summed E-state index contributed by atoms with van der Waals surface area (Å²) >= 11 is 1.40. The van der Waals surface area contributed by atoms with Crippen molar-refractivity contribution in [2.75, 3.05) is 7.11 Å². The van der Waals surface area contributed by atoms with Gasteiger partial charge in [-0.3, -0.25) is 14.7 Å². The fraction of sp³-hybridized carbons (Fsp3) is 0.111. The largest absolute Gasteiger partial charge is 0.493 e. The standard InChI is InChI=1S/C36H30N2O3S/c1-40-33-21-28(19-20-32(33)41-25-30-17-10-16-29-15-8-9-18-31(29)30)22-34-35(39)38(24-27-13-6-3-7-14-27)36(42-34)37-23-26-11-4-2-5-12-26/h2-22H,23-25H2,1H3. The van der Waals surface area contributed by atoms with Crippen molar-refractivity contribution in [2.24, 2.45) is 4.99 Å². The summed E-state index contributed by atoms with van der Waals surface area (Å²) in [4.78, 5) is 20.8. The molecule has 0 bridgehead atoms. The highest BCUT2D eigenvalue weighted by Crippen LogP contribution is 2.36. The van der Waals surface area contributed by atoms with Gasteiger partial charge in [0.1, 0.15) is 6.61 Å². The van der Waals surface area contributed by atoms with E-state index in [-0.39, 0.29) is 5.91 Å². The van der Waals surface area contributed by atoms with E-state index in [1.807, 2.05) is 103 Å². The molecule has 0 N–H and O–H groups in total. The third-order valence-electron chi connectivity index (χ3n) is 7.06. The van der Waals surface area contributed by atoms with Crippen molar-refractivity contribution in [3.63, 3.8) is 0 Å². The maximum absolute atomic E-state index is 13.6. The minimum absolute atomic E-state index is 0.0640. The number of carbonyl (C=O) groups excluding carboxylic acids is 1. The van der Waals surface area contributed by atoms with Gasteiger partial charge in [-0.05, 0) is 63.0 Å². The maximum atomic E-state index is 13.6. The van der Waals surface area contributed by atoms with Crippen LogP contribution in [0.2, 0.25) is 0 Å². The fourth-order valence-corrected chi connectivity index (χ4v) is 5.87. The third kappa shape index (κ3) is 6.24. The van der Waals surface area contributed by atoms with E-state index in [9.17, 15) is 4.79 Å². The number of hydrogen-bond acceptors (Lipinski definition) is 5. The Labute approximate surface area is 250 Å². The first-order valence-corrected chi connectivity index (χ1v) is 14.6. The molecule has 1 aliphatic rings. The molecule has 1 amide bonds. The number of ether oxygens (including phenoxy) is 2. The van der Waals surface area contributed by atoms with Crippen LogP contribution < -0.4 is 9.47 Å². The zero-order valence-corrected chi connectivity index (χ0v) is 24.1. The smallest absolute Gasteiger partial charge is 0.267 e. The third-order valence-corrected chi connectivity index (χ3v) is 8.10. The minimum Gasteiger partial charge on any atom is -0.493 e. The Morgan fingerprint density at radius 2 is 1.50 bits per heavy atom. The van der Waals surface area contributed by atoms with Crippen LogP contribution in [-0.4, -0.2) is 23.1 Å². The summed E-state index contributed by atoms with van der Waals surface area (Å²) in [7, 11) is 1.63. The molecule has 6 rings (SSSR count). The number of thioether (sulfide) groups is 1. The number of amides is 1. The number of hydrogen-bond donors (Lipinski definition) is 0. The topological polar surface area (TPSA) is 51.1 Å². The lowest BCUT2D eigenvalue weighted by Gasteiger charge is -2.15. The summed E-state index contributed by atoms with van der Waals surface area (Å²) in [6.07, 6.45) is 1.90. The Morgan fingerprint density at radius 1 is 0.786 bits per heavy atom. The van der Waals surface area contributed by atoms with E-state index in [4.69, 9.17) is 14.5 Å². The summed E-state index contributed by atoms with van der Waals surface area (Å²) in [6, 6.07) is 40.3. The monoisotopic (exact) mass is 570 g/mol. The second-order valence-corrected chi connectivity index (χ2v) is 10.9. The fourth-order valence-electron chi connectivity index (χ4n) is 4.89. The van der Waals surface area contributed by atoms with Gasteiger partial charge in [0.2, 0.25) is 0 Å². The number of fused-ring (bicyclic) bond motifs is 1. The van der Waals surface area contributed by atoms with Crippen molar-refractivity contribution < 1.29 is 14.3 Å². The molecule has 0 unspecified atom stereocenters. The van der Waals surface area contributed by atoms with Crippen LogP contribution in [0, 0.1) is 0 Å². The lowest BCUT2D eigenvalue weighted by Crippen LogP contribution is -2.28. The van der Waals surface area contributed by atoms with Gasteiger partial charge in [0.25, 0.3) is 5.91 Å². The molecule has 0 aliphatic carbocycles. The molecule has 6 heteroatoms. The number of nitrogens with zero attached hydrogens (tertiary/aromatic N) is 2. The molecule has 208 valence electrons. The predicted molar refractivity (Wildman–Crippen MR) is 171 cm³/mol. The van der Waals surface area contributed by atoms with Crippen molar-refractivity contribution in [1.82, 2.24) is 4.90 Å². The summed E-state index contributed by atoms with van der Waals surface area (Å²) < 4.78 is 11.9. The lowest BCUT2D eigenvalue weighted by molar-refractivity contribution is -0.122. The van der Waals surface area contributed by atoms with Gasteiger partial charge in [0, 0.05) is 0 Å². The second kappa shape index (κ2) is 12.8. The van der Waals surface area contributed by atoms with Crippen molar-refractivity contribution in [1.29, 1.82) is 0 Å². The SMILES string of the molecule is COc1cc(C=C2SC(=NCc3ccccc3)N(Cc3ccccc3)C2=O)ccc1OCc1cccc2ccccc12. The van der Waals surface area contributed by atoms with Gasteiger partial charge in [-0.15, -0.1) is 0 Å². The van der Waals surface area contributed by atoms with E-state index >= 15 is 0 Å². The molecule has 0 saturated carbocycles. The molecular formula is C36H30N2O3S. The van der Waals surface area contributed by atoms with Gasteiger partial charge in [-0.25, -0.2) is 0 Å². The predicted octanol–water partition coefficient (Wildman–Crippen LogP) is 8.10.